The molecule has 1 heterocycles. The summed E-state index contributed by atoms with van der Waals surface area (Å²) in [5.74, 6) is -3.64. The van der Waals surface area contributed by atoms with E-state index in [4.69, 9.17) is 5.11 Å². The molecule has 1 aromatic carbocycles. The van der Waals surface area contributed by atoms with E-state index in [1.807, 2.05) is 0 Å². The molecule has 0 fully saturated rings. The summed E-state index contributed by atoms with van der Waals surface area (Å²) < 4.78 is 28.0. The number of hydrogen-bond acceptors (Lipinski definition) is 3. The summed E-state index contributed by atoms with van der Waals surface area (Å²) in [6, 6.07) is 3.60. The molecule has 0 aliphatic rings. The number of rotatable bonds is 3. The van der Waals surface area contributed by atoms with Crippen molar-refractivity contribution >= 4 is 5.97 Å². The van der Waals surface area contributed by atoms with E-state index in [2.05, 4.69) is 10.3 Å². The lowest BCUT2D eigenvalue weighted by atomic mass is 10.1. The predicted octanol–water partition coefficient (Wildman–Crippen LogP) is 2.37. The largest absolute Gasteiger partial charge is 0.476 e. The van der Waals surface area contributed by atoms with Gasteiger partial charge in [-0.1, -0.05) is 25.1 Å². The third-order valence-corrected chi connectivity index (χ3v) is 2.61. The maximum absolute atomic E-state index is 13.7. The molecule has 0 saturated carbocycles. The van der Waals surface area contributed by atoms with Crippen molar-refractivity contribution < 1.29 is 18.7 Å². The third kappa shape index (κ3) is 2.18. The van der Waals surface area contributed by atoms with Crippen LogP contribution in [0.1, 0.15) is 35.9 Å². The second kappa shape index (κ2) is 4.75. The Labute approximate surface area is 107 Å². The summed E-state index contributed by atoms with van der Waals surface area (Å²) in [5.41, 5.74) is -0.209. The van der Waals surface area contributed by atoms with Gasteiger partial charge in [0.15, 0.2) is 17.3 Å². The third-order valence-electron chi connectivity index (χ3n) is 2.61. The van der Waals surface area contributed by atoms with Gasteiger partial charge in [-0.05, 0) is 18.1 Å². The fourth-order valence-corrected chi connectivity index (χ4v) is 1.79. The Balaban J connectivity index is 2.69. The monoisotopic (exact) mass is 267 g/mol. The molecule has 5 nitrogen and oxygen atoms in total. The molecular weight excluding hydrogens is 256 g/mol. The van der Waals surface area contributed by atoms with E-state index in [0.717, 1.165) is 10.7 Å². The molecule has 1 N–H and O–H groups in total. The molecule has 100 valence electrons. The first-order valence-electron chi connectivity index (χ1n) is 5.56. The summed E-state index contributed by atoms with van der Waals surface area (Å²) >= 11 is 0. The van der Waals surface area contributed by atoms with E-state index in [1.54, 1.807) is 13.8 Å². The van der Waals surface area contributed by atoms with E-state index in [-0.39, 0.29) is 23.0 Å². The molecule has 1 aromatic heterocycles. The van der Waals surface area contributed by atoms with E-state index in [0.29, 0.717) is 0 Å². The first kappa shape index (κ1) is 13.1. The molecule has 0 unspecified atom stereocenters. The topological polar surface area (TPSA) is 68.0 Å². The van der Waals surface area contributed by atoms with Crippen molar-refractivity contribution in [2.45, 2.75) is 19.8 Å². The van der Waals surface area contributed by atoms with Crippen LogP contribution in [0.15, 0.2) is 18.2 Å². The van der Waals surface area contributed by atoms with Gasteiger partial charge in [0.25, 0.3) is 0 Å². The van der Waals surface area contributed by atoms with Crippen molar-refractivity contribution in [3.05, 3.63) is 41.2 Å². The minimum absolute atomic E-state index is 0.163. The van der Waals surface area contributed by atoms with Crippen LogP contribution in [-0.4, -0.2) is 26.1 Å². The minimum Gasteiger partial charge on any atom is -0.476 e. The lowest BCUT2D eigenvalue weighted by Crippen LogP contribution is -2.10. The van der Waals surface area contributed by atoms with Crippen LogP contribution in [0.5, 0.6) is 0 Å². The van der Waals surface area contributed by atoms with Crippen LogP contribution in [0.25, 0.3) is 5.69 Å². The van der Waals surface area contributed by atoms with Gasteiger partial charge in [-0.25, -0.2) is 18.3 Å². The van der Waals surface area contributed by atoms with Crippen molar-refractivity contribution in [2.75, 3.05) is 0 Å². The summed E-state index contributed by atoms with van der Waals surface area (Å²) in [5, 5.41) is 16.1. The Morgan fingerprint density at radius 3 is 2.63 bits per heavy atom. The lowest BCUT2D eigenvalue weighted by Gasteiger charge is -2.10. The Bertz CT molecular complexity index is 638. The lowest BCUT2D eigenvalue weighted by molar-refractivity contribution is 0.0688. The highest BCUT2D eigenvalue weighted by Gasteiger charge is 2.24. The summed E-state index contributed by atoms with van der Waals surface area (Å²) in [4.78, 5) is 11.0. The van der Waals surface area contributed by atoms with Crippen LogP contribution in [0.3, 0.4) is 0 Å². The molecule has 0 aliphatic heterocycles. The summed E-state index contributed by atoms with van der Waals surface area (Å²) in [6.07, 6.45) is 0. The zero-order valence-electron chi connectivity index (χ0n) is 10.3. The van der Waals surface area contributed by atoms with Gasteiger partial charge < -0.3 is 5.11 Å². The Kier molecular flexibility index (Phi) is 3.28. The standard InChI is InChI=1S/C12H11F2N3O2/c1-6(2)11-10(12(18)19)15-16-17(11)8-5-3-4-7(13)9(8)14/h3-6H,1-2H3,(H,18,19). The highest BCUT2D eigenvalue weighted by molar-refractivity contribution is 5.86. The van der Waals surface area contributed by atoms with E-state index < -0.39 is 17.6 Å². The van der Waals surface area contributed by atoms with E-state index >= 15 is 0 Å². The molecule has 0 amide bonds. The summed E-state index contributed by atoms with van der Waals surface area (Å²) in [7, 11) is 0. The Hall–Kier alpha value is -2.31. The van der Waals surface area contributed by atoms with Gasteiger partial charge in [-0.3, -0.25) is 0 Å². The fraction of sp³-hybridized carbons (Fsp3) is 0.250. The van der Waals surface area contributed by atoms with Crippen molar-refractivity contribution in [1.29, 1.82) is 0 Å². The average molecular weight is 267 g/mol. The second-order valence-electron chi connectivity index (χ2n) is 4.27. The Morgan fingerprint density at radius 1 is 1.37 bits per heavy atom. The van der Waals surface area contributed by atoms with Gasteiger partial charge in [0, 0.05) is 0 Å². The number of nitrogens with zero attached hydrogens (tertiary/aromatic N) is 3. The number of carboxylic acid groups (broad SMARTS) is 1. The van der Waals surface area contributed by atoms with Crippen LogP contribution < -0.4 is 0 Å². The van der Waals surface area contributed by atoms with Crippen molar-refractivity contribution in [1.82, 2.24) is 15.0 Å². The van der Waals surface area contributed by atoms with Gasteiger partial charge in [0.1, 0.15) is 5.69 Å². The first-order valence-corrected chi connectivity index (χ1v) is 5.56. The predicted molar refractivity (Wildman–Crippen MR) is 62.3 cm³/mol. The molecule has 0 spiro atoms. The number of halogens is 2. The summed E-state index contributed by atoms with van der Waals surface area (Å²) in [6.45, 7) is 3.44. The van der Waals surface area contributed by atoms with Gasteiger partial charge in [0.05, 0.1) is 5.69 Å². The van der Waals surface area contributed by atoms with Gasteiger partial charge in [-0.2, -0.15) is 0 Å². The van der Waals surface area contributed by atoms with Crippen molar-refractivity contribution in [3.8, 4) is 5.69 Å². The van der Waals surface area contributed by atoms with Crippen molar-refractivity contribution in [3.63, 3.8) is 0 Å². The highest BCUT2D eigenvalue weighted by atomic mass is 19.2. The van der Waals surface area contributed by atoms with Crippen LogP contribution in [0.2, 0.25) is 0 Å². The van der Waals surface area contributed by atoms with Crippen molar-refractivity contribution in [2.24, 2.45) is 0 Å². The molecule has 0 bridgehead atoms. The average Bonchev–Trinajstić information content (AvgIpc) is 2.77. The van der Waals surface area contributed by atoms with Crippen LogP contribution in [-0.2, 0) is 0 Å². The number of carbonyl (C=O) groups is 1. The normalized spacial score (nSPS) is 11.0. The van der Waals surface area contributed by atoms with Gasteiger partial charge >= 0.3 is 5.97 Å². The number of carboxylic acids is 1. The molecular formula is C12H11F2N3O2. The molecule has 0 aliphatic carbocycles. The van der Waals surface area contributed by atoms with Crippen LogP contribution in [0.4, 0.5) is 8.78 Å². The quantitative estimate of drug-likeness (QED) is 0.927. The molecule has 0 saturated heterocycles. The number of aromatic carboxylic acids is 1. The molecule has 7 heteroatoms. The van der Waals surface area contributed by atoms with Gasteiger partial charge in [0.2, 0.25) is 0 Å². The van der Waals surface area contributed by atoms with Crippen LogP contribution >= 0.6 is 0 Å². The maximum Gasteiger partial charge on any atom is 0.358 e. The molecule has 2 rings (SSSR count). The number of aromatic nitrogens is 3. The zero-order valence-corrected chi connectivity index (χ0v) is 10.3. The van der Waals surface area contributed by atoms with E-state index in [1.165, 1.54) is 12.1 Å². The molecule has 0 radical (unpaired) electrons. The Morgan fingerprint density at radius 2 is 2.05 bits per heavy atom. The fourth-order valence-electron chi connectivity index (χ4n) is 1.79. The zero-order chi connectivity index (χ0) is 14.2. The first-order chi connectivity index (χ1) is 8.93. The SMILES string of the molecule is CC(C)c1c(C(=O)O)nnn1-c1cccc(F)c1F. The smallest absolute Gasteiger partial charge is 0.358 e. The maximum atomic E-state index is 13.7. The second-order valence-corrected chi connectivity index (χ2v) is 4.27. The van der Waals surface area contributed by atoms with E-state index in [9.17, 15) is 13.6 Å². The molecule has 0 atom stereocenters. The molecule has 2 aromatic rings. The van der Waals surface area contributed by atoms with Crippen LogP contribution in [0, 0.1) is 11.6 Å². The number of hydrogen-bond donors (Lipinski definition) is 1. The number of benzene rings is 1. The minimum atomic E-state index is -1.26. The molecule has 19 heavy (non-hydrogen) atoms. The van der Waals surface area contributed by atoms with Gasteiger partial charge in [-0.15, -0.1) is 5.10 Å². The highest BCUT2D eigenvalue weighted by Crippen LogP contribution is 2.23.